The third-order valence-electron chi connectivity index (χ3n) is 7.09. The molecule has 2 aliphatic heterocycles. The molecule has 1 fully saturated rings. The first-order valence-corrected chi connectivity index (χ1v) is 12.5. The fraction of sp³-hybridized carbons (Fsp3) is 0.429. The van der Waals surface area contributed by atoms with Crippen molar-refractivity contribution in [1.29, 1.82) is 0 Å². The second kappa shape index (κ2) is 9.85. The Bertz CT molecular complexity index is 1280. The maximum Gasteiger partial charge on any atom is 0.246 e. The number of aromatic nitrogens is 1. The number of hydrogen-bond acceptors (Lipinski definition) is 5. The van der Waals surface area contributed by atoms with Gasteiger partial charge in [-0.3, -0.25) is 9.59 Å². The number of nitrogens with zero attached hydrogens (tertiary/aromatic N) is 2. The van der Waals surface area contributed by atoms with Crippen molar-refractivity contribution in [3.05, 3.63) is 59.3 Å². The lowest BCUT2D eigenvalue weighted by molar-refractivity contribution is -0.158. The van der Waals surface area contributed by atoms with Gasteiger partial charge in [-0.2, -0.15) is 0 Å². The normalized spacial score (nSPS) is 19.6. The number of para-hydroxylation sites is 2. The molecule has 8 nitrogen and oxygen atoms in total. The van der Waals surface area contributed by atoms with Crippen LogP contribution in [0.2, 0.25) is 0 Å². The van der Waals surface area contributed by atoms with E-state index in [0.717, 1.165) is 27.7 Å². The van der Waals surface area contributed by atoms with Crippen LogP contribution in [-0.4, -0.2) is 72.7 Å². The quantitative estimate of drug-likeness (QED) is 0.486. The molecule has 2 aliphatic rings. The van der Waals surface area contributed by atoms with Crippen molar-refractivity contribution >= 4 is 22.7 Å². The van der Waals surface area contributed by atoms with E-state index in [2.05, 4.69) is 11.1 Å². The second-order valence-corrected chi connectivity index (χ2v) is 9.60. The first-order chi connectivity index (χ1) is 17.4. The monoisotopic (exact) mass is 491 g/mol. The predicted molar refractivity (Wildman–Crippen MR) is 136 cm³/mol. The largest absolute Gasteiger partial charge is 0.493 e. The van der Waals surface area contributed by atoms with Crippen molar-refractivity contribution in [2.45, 2.75) is 44.9 Å². The van der Waals surface area contributed by atoms with Crippen molar-refractivity contribution < 1.29 is 23.8 Å². The molecule has 3 aromatic rings. The second-order valence-electron chi connectivity index (χ2n) is 9.60. The van der Waals surface area contributed by atoms with E-state index in [9.17, 15) is 9.59 Å². The van der Waals surface area contributed by atoms with Crippen LogP contribution in [0.1, 0.15) is 43.1 Å². The number of carbonyl (C=O) groups excluding carboxylic acids is 2. The molecule has 1 unspecified atom stereocenters. The number of aromatic amines is 1. The SMILES string of the molecule is COc1cccc(C2c3[nH]c4ccccc4c3C[C@H]3C(=O)N(CCCOC(C)C)CC(=O)N23)c1OC. The van der Waals surface area contributed by atoms with Crippen LogP contribution in [0.3, 0.4) is 0 Å². The molecular weight excluding hydrogens is 458 g/mol. The van der Waals surface area contributed by atoms with E-state index in [1.807, 2.05) is 50.2 Å². The molecule has 2 amide bonds. The van der Waals surface area contributed by atoms with Crippen LogP contribution in [0.4, 0.5) is 0 Å². The molecule has 1 N–H and O–H groups in total. The Morgan fingerprint density at radius 2 is 1.86 bits per heavy atom. The molecule has 0 saturated carbocycles. The van der Waals surface area contributed by atoms with Crippen molar-refractivity contribution in [2.75, 3.05) is 33.9 Å². The first-order valence-electron chi connectivity index (χ1n) is 12.5. The van der Waals surface area contributed by atoms with Crippen LogP contribution in [0.5, 0.6) is 11.5 Å². The van der Waals surface area contributed by atoms with Gasteiger partial charge in [0.05, 0.1) is 26.9 Å². The van der Waals surface area contributed by atoms with Crippen LogP contribution < -0.4 is 9.47 Å². The number of nitrogens with one attached hydrogen (secondary N) is 1. The van der Waals surface area contributed by atoms with Gasteiger partial charge in [0.1, 0.15) is 12.1 Å². The van der Waals surface area contributed by atoms with Crippen LogP contribution in [0.15, 0.2) is 42.5 Å². The molecular formula is C28H33N3O5. The number of hydrogen-bond donors (Lipinski definition) is 1. The van der Waals surface area contributed by atoms with Gasteiger partial charge in [-0.05, 0) is 38.0 Å². The summed E-state index contributed by atoms with van der Waals surface area (Å²) >= 11 is 0. The Kier molecular flexibility index (Phi) is 6.62. The first kappa shape index (κ1) is 24.2. The van der Waals surface area contributed by atoms with E-state index in [4.69, 9.17) is 14.2 Å². The number of rotatable bonds is 8. The van der Waals surface area contributed by atoms with Crippen molar-refractivity contribution in [1.82, 2.24) is 14.8 Å². The predicted octanol–water partition coefficient (Wildman–Crippen LogP) is 3.69. The number of H-pyrrole nitrogens is 1. The molecule has 0 aliphatic carbocycles. The Labute approximate surface area is 211 Å². The number of benzene rings is 2. The van der Waals surface area contributed by atoms with Crippen LogP contribution >= 0.6 is 0 Å². The highest BCUT2D eigenvalue weighted by molar-refractivity contribution is 5.97. The molecule has 0 radical (unpaired) electrons. The van der Waals surface area contributed by atoms with Crippen LogP contribution in [0.25, 0.3) is 10.9 Å². The molecule has 2 aromatic carbocycles. The average Bonchev–Trinajstić information content (AvgIpc) is 3.25. The van der Waals surface area contributed by atoms with E-state index in [1.165, 1.54) is 0 Å². The lowest BCUT2D eigenvalue weighted by atomic mass is 9.85. The maximum atomic E-state index is 13.8. The topological polar surface area (TPSA) is 84.1 Å². The number of methoxy groups -OCH3 is 2. The maximum absolute atomic E-state index is 13.8. The molecule has 1 saturated heterocycles. The molecule has 8 heteroatoms. The average molecular weight is 492 g/mol. The highest BCUT2D eigenvalue weighted by atomic mass is 16.5. The van der Waals surface area contributed by atoms with Gasteiger partial charge < -0.3 is 29.0 Å². The fourth-order valence-electron chi connectivity index (χ4n) is 5.54. The molecule has 36 heavy (non-hydrogen) atoms. The van der Waals surface area contributed by atoms with Gasteiger partial charge in [0.15, 0.2) is 11.5 Å². The van der Waals surface area contributed by atoms with Gasteiger partial charge in [0, 0.05) is 41.7 Å². The van der Waals surface area contributed by atoms with E-state index in [0.29, 0.717) is 37.5 Å². The van der Waals surface area contributed by atoms with Crippen molar-refractivity contribution in [2.24, 2.45) is 0 Å². The van der Waals surface area contributed by atoms with Crippen LogP contribution in [0, 0.1) is 0 Å². The van der Waals surface area contributed by atoms with Gasteiger partial charge in [-0.25, -0.2) is 0 Å². The minimum Gasteiger partial charge on any atom is -0.493 e. The molecule has 0 bridgehead atoms. The smallest absolute Gasteiger partial charge is 0.246 e. The minimum absolute atomic E-state index is 0.0260. The lowest BCUT2D eigenvalue weighted by Crippen LogP contribution is -2.63. The van der Waals surface area contributed by atoms with Gasteiger partial charge in [0.2, 0.25) is 11.8 Å². The third kappa shape index (κ3) is 4.09. The lowest BCUT2D eigenvalue weighted by Gasteiger charge is -2.47. The highest BCUT2D eigenvalue weighted by Crippen LogP contribution is 2.46. The summed E-state index contributed by atoms with van der Waals surface area (Å²) in [4.78, 5) is 34.5. The standard InChI is InChI=1S/C28H33N3O5/c1-17(2)36-14-8-13-30-16-24(32)31-22(28(30)33)15-20-18-9-5-6-11-21(18)29-25(20)26(31)19-10-7-12-23(34-3)27(19)35-4/h5-7,9-12,17,22,26,29H,8,13-16H2,1-4H3/t22-,26?/m0/s1. The van der Waals surface area contributed by atoms with Crippen LogP contribution in [-0.2, 0) is 20.7 Å². The Hall–Kier alpha value is -3.52. The van der Waals surface area contributed by atoms with E-state index in [-0.39, 0.29) is 24.5 Å². The summed E-state index contributed by atoms with van der Waals surface area (Å²) in [7, 11) is 3.19. The summed E-state index contributed by atoms with van der Waals surface area (Å²) in [6.45, 7) is 5.08. The zero-order valence-corrected chi connectivity index (χ0v) is 21.2. The Balaban J connectivity index is 1.58. The summed E-state index contributed by atoms with van der Waals surface area (Å²) < 4.78 is 17.0. The number of carbonyl (C=O) groups is 2. The summed E-state index contributed by atoms with van der Waals surface area (Å²) in [5.41, 5.74) is 3.75. The summed E-state index contributed by atoms with van der Waals surface area (Å²) in [6, 6.07) is 12.6. The summed E-state index contributed by atoms with van der Waals surface area (Å²) in [6.07, 6.45) is 1.29. The molecule has 0 spiro atoms. The zero-order valence-electron chi connectivity index (χ0n) is 21.2. The van der Waals surface area contributed by atoms with Crippen molar-refractivity contribution in [3.63, 3.8) is 0 Å². The van der Waals surface area contributed by atoms with Gasteiger partial charge in [-0.15, -0.1) is 0 Å². The summed E-state index contributed by atoms with van der Waals surface area (Å²) in [5, 5.41) is 1.07. The minimum atomic E-state index is -0.593. The molecule has 1 aromatic heterocycles. The number of fused-ring (bicyclic) bond motifs is 4. The van der Waals surface area contributed by atoms with Gasteiger partial charge in [0.25, 0.3) is 0 Å². The molecule has 2 atom stereocenters. The van der Waals surface area contributed by atoms with Crippen molar-refractivity contribution in [3.8, 4) is 11.5 Å². The number of piperazine rings is 1. The fourth-order valence-corrected chi connectivity index (χ4v) is 5.54. The summed E-state index contributed by atoms with van der Waals surface area (Å²) in [5.74, 6) is 1.03. The Morgan fingerprint density at radius 1 is 1.06 bits per heavy atom. The molecule has 5 rings (SSSR count). The number of amides is 2. The Morgan fingerprint density at radius 3 is 2.61 bits per heavy atom. The highest BCUT2D eigenvalue weighted by Gasteiger charge is 2.48. The number of ether oxygens (including phenoxy) is 3. The van der Waals surface area contributed by atoms with Gasteiger partial charge >= 0.3 is 0 Å². The molecule has 3 heterocycles. The van der Waals surface area contributed by atoms with Gasteiger partial charge in [-0.1, -0.05) is 30.3 Å². The van der Waals surface area contributed by atoms with E-state index >= 15 is 0 Å². The van der Waals surface area contributed by atoms with E-state index < -0.39 is 12.1 Å². The third-order valence-corrected chi connectivity index (χ3v) is 7.09. The van der Waals surface area contributed by atoms with E-state index in [1.54, 1.807) is 24.0 Å². The molecule has 190 valence electrons. The zero-order chi connectivity index (χ0) is 25.4.